The quantitative estimate of drug-likeness (QED) is 0.775. The minimum absolute atomic E-state index is 0.269. The molecule has 0 aliphatic carbocycles. The summed E-state index contributed by atoms with van der Waals surface area (Å²) < 4.78 is 5.73. The minimum Gasteiger partial charge on any atom is -0.491 e. The molecule has 0 aromatic heterocycles. The first kappa shape index (κ1) is 11.1. The molecule has 2 heteroatoms. The first-order chi connectivity index (χ1) is 6.72. The first-order valence-corrected chi connectivity index (χ1v) is 5.10. The van der Waals surface area contributed by atoms with Gasteiger partial charge in [0.05, 0.1) is 6.10 Å². The Kier molecular flexibility index (Phi) is 4.47. The molecule has 0 aliphatic heterocycles. The van der Waals surface area contributed by atoms with Crippen LogP contribution in [0, 0.1) is 6.92 Å². The number of rotatable bonds is 5. The molecule has 0 amide bonds. The Morgan fingerprint density at radius 2 is 1.93 bits per heavy atom. The van der Waals surface area contributed by atoms with Gasteiger partial charge in [-0.3, -0.25) is 0 Å². The lowest BCUT2D eigenvalue weighted by Crippen LogP contribution is -2.19. The second-order valence-electron chi connectivity index (χ2n) is 3.63. The van der Waals surface area contributed by atoms with Crippen molar-refractivity contribution < 1.29 is 4.74 Å². The van der Waals surface area contributed by atoms with Gasteiger partial charge in [-0.25, -0.2) is 0 Å². The molecule has 0 heterocycles. The van der Waals surface area contributed by atoms with Crippen molar-refractivity contribution in [3.8, 4) is 5.75 Å². The van der Waals surface area contributed by atoms with Gasteiger partial charge in [0.1, 0.15) is 5.75 Å². The minimum atomic E-state index is 0.269. The number of aryl methyl sites for hydroxylation is 1. The van der Waals surface area contributed by atoms with Gasteiger partial charge in [-0.1, -0.05) is 17.7 Å². The zero-order valence-electron chi connectivity index (χ0n) is 9.21. The van der Waals surface area contributed by atoms with E-state index in [9.17, 15) is 0 Å². The third-order valence-electron chi connectivity index (χ3n) is 2.16. The molecule has 1 aromatic carbocycles. The molecular formula is C12H19NO. The molecule has 0 saturated carbocycles. The lowest BCUT2D eigenvalue weighted by atomic mass is 10.2. The summed E-state index contributed by atoms with van der Waals surface area (Å²) in [5.41, 5.74) is 1.26. The van der Waals surface area contributed by atoms with E-state index in [0.29, 0.717) is 0 Å². The van der Waals surface area contributed by atoms with E-state index in [1.807, 2.05) is 19.2 Å². The zero-order chi connectivity index (χ0) is 10.4. The highest BCUT2D eigenvalue weighted by Gasteiger charge is 2.02. The normalized spacial score (nSPS) is 12.5. The predicted octanol–water partition coefficient (Wildman–Crippen LogP) is 2.37. The Bertz CT molecular complexity index is 256. The Balaban J connectivity index is 2.39. The van der Waals surface area contributed by atoms with Crippen LogP contribution in [0.25, 0.3) is 0 Å². The molecule has 0 saturated heterocycles. The van der Waals surface area contributed by atoms with Crippen molar-refractivity contribution in [1.82, 2.24) is 5.32 Å². The van der Waals surface area contributed by atoms with Crippen LogP contribution in [0.4, 0.5) is 0 Å². The van der Waals surface area contributed by atoms with E-state index in [0.717, 1.165) is 18.7 Å². The van der Waals surface area contributed by atoms with Crippen molar-refractivity contribution in [2.24, 2.45) is 0 Å². The van der Waals surface area contributed by atoms with Gasteiger partial charge in [-0.05, 0) is 46.0 Å². The van der Waals surface area contributed by atoms with E-state index in [1.165, 1.54) is 5.56 Å². The highest BCUT2D eigenvalue weighted by atomic mass is 16.5. The summed E-state index contributed by atoms with van der Waals surface area (Å²) in [4.78, 5) is 0. The molecule has 1 rings (SSSR count). The third kappa shape index (κ3) is 3.79. The molecule has 1 N–H and O–H groups in total. The van der Waals surface area contributed by atoms with E-state index in [1.54, 1.807) is 0 Å². The topological polar surface area (TPSA) is 21.3 Å². The second kappa shape index (κ2) is 5.66. The summed E-state index contributed by atoms with van der Waals surface area (Å²) in [6.45, 7) is 5.17. The van der Waals surface area contributed by atoms with Crippen LogP contribution >= 0.6 is 0 Å². The van der Waals surface area contributed by atoms with Crippen LogP contribution in [0.3, 0.4) is 0 Å². The Labute approximate surface area is 86.3 Å². The van der Waals surface area contributed by atoms with Crippen LogP contribution in [-0.2, 0) is 0 Å². The van der Waals surface area contributed by atoms with Crippen molar-refractivity contribution in [2.75, 3.05) is 13.6 Å². The van der Waals surface area contributed by atoms with Gasteiger partial charge in [0.25, 0.3) is 0 Å². The summed E-state index contributed by atoms with van der Waals surface area (Å²) in [7, 11) is 1.96. The number of benzene rings is 1. The monoisotopic (exact) mass is 193 g/mol. The van der Waals surface area contributed by atoms with Crippen LogP contribution in [0.5, 0.6) is 5.75 Å². The highest BCUT2D eigenvalue weighted by molar-refractivity contribution is 5.26. The average molecular weight is 193 g/mol. The van der Waals surface area contributed by atoms with Gasteiger partial charge < -0.3 is 10.1 Å². The molecule has 14 heavy (non-hydrogen) atoms. The summed E-state index contributed by atoms with van der Waals surface area (Å²) >= 11 is 0. The largest absolute Gasteiger partial charge is 0.491 e. The van der Waals surface area contributed by atoms with Gasteiger partial charge in [0.15, 0.2) is 0 Å². The molecule has 2 nitrogen and oxygen atoms in total. The zero-order valence-corrected chi connectivity index (χ0v) is 9.21. The van der Waals surface area contributed by atoms with Crippen LogP contribution in [0.15, 0.2) is 24.3 Å². The van der Waals surface area contributed by atoms with Crippen LogP contribution in [0.1, 0.15) is 18.9 Å². The summed E-state index contributed by atoms with van der Waals surface area (Å²) in [5, 5.41) is 3.11. The molecule has 0 bridgehead atoms. The lowest BCUT2D eigenvalue weighted by molar-refractivity contribution is 0.211. The molecule has 1 atom stereocenters. The number of hydrogen-bond donors (Lipinski definition) is 1. The molecule has 1 unspecified atom stereocenters. The maximum atomic E-state index is 5.73. The molecule has 78 valence electrons. The SMILES string of the molecule is CNCCC(C)Oc1ccc(C)cc1. The first-order valence-electron chi connectivity index (χ1n) is 5.10. The van der Waals surface area contributed by atoms with Gasteiger partial charge in [-0.15, -0.1) is 0 Å². The highest BCUT2D eigenvalue weighted by Crippen LogP contribution is 2.13. The van der Waals surface area contributed by atoms with Gasteiger partial charge in [0.2, 0.25) is 0 Å². The van der Waals surface area contributed by atoms with E-state index >= 15 is 0 Å². The molecule has 0 radical (unpaired) electrons. The van der Waals surface area contributed by atoms with Crippen LogP contribution in [0.2, 0.25) is 0 Å². The lowest BCUT2D eigenvalue weighted by Gasteiger charge is -2.14. The number of nitrogens with one attached hydrogen (secondary N) is 1. The fourth-order valence-corrected chi connectivity index (χ4v) is 1.26. The fourth-order valence-electron chi connectivity index (χ4n) is 1.26. The summed E-state index contributed by atoms with van der Waals surface area (Å²) in [5.74, 6) is 0.958. The van der Waals surface area contributed by atoms with Crippen molar-refractivity contribution in [3.05, 3.63) is 29.8 Å². The molecule has 1 aromatic rings. The van der Waals surface area contributed by atoms with Crippen molar-refractivity contribution in [1.29, 1.82) is 0 Å². The van der Waals surface area contributed by atoms with Crippen molar-refractivity contribution in [3.63, 3.8) is 0 Å². The molecule has 0 fully saturated rings. The predicted molar refractivity (Wildman–Crippen MR) is 59.8 cm³/mol. The van der Waals surface area contributed by atoms with Gasteiger partial charge in [-0.2, -0.15) is 0 Å². The van der Waals surface area contributed by atoms with Gasteiger partial charge in [0, 0.05) is 0 Å². The molecule has 0 aliphatic rings. The fraction of sp³-hybridized carbons (Fsp3) is 0.500. The van der Waals surface area contributed by atoms with Crippen molar-refractivity contribution >= 4 is 0 Å². The second-order valence-corrected chi connectivity index (χ2v) is 3.63. The Morgan fingerprint density at radius 3 is 2.50 bits per heavy atom. The number of ether oxygens (including phenoxy) is 1. The van der Waals surface area contributed by atoms with Crippen LogP contribution < -0.4 is 10.1 Å². The number of hydrogen-bond acceptors (Lipinski definition) is 2. The standard InChI is InChI=1S/C12H19NO/c1-10-4-6-12(7-5-10)14-11(2)8-9-13-3/h4-7,11,13H,8-9H2,1-3H3. The maximum absolute atomic E-state index is 5.73. The summed E-state index contributed by atoms with van der Waals surface area (Å²) in [6, 6.07) is 8.18. The Morgan fingerprint density at radius 1 is 1.29 bits per heavy atom. The molecule has 0 spiro atoms. The maximum Gasteiger partial charge on any atom is 0.119 e. The third-order valence-corrected chi connectivity index (χ3v) is 2.16. The van der Waals surface area contributed by atoms with E-state index in [-0.39, 0.29) is 6.10 Å². The van der Waals surface area contributed by atoms with Gasteiger partial charge >= 0.3 is 0 Å². The smallest absolute Gasteiger partial charge is 0.119 e. The van der Waals surface area contributed by atoms with E-state index in [4.69, 9.17) is 4.74 Å². The van der Waals surface area contributed by atoms with Crippen LogP contribution in [-0.4, -0.2) is 19.7 Å². The molecular weight excluding hydrogens is 174 g/mol. The summed E-state index contributed by atoms with van der Waals surface area (Å²) in [6.07, 6.45) is 1.30. The van der Waals surface area contributed by atoms with E-state index < -0.39 is 0 Å². The van der Waals surface area contributed by atoms with Crippen molar-refractivity contribution in [2.45, 2.75) is 26.4 Å². The van der Waals surface area contributed by atoms with E-state index in [2.05, 4.69) is 31.3 Å². The average Bonchev–Trinajstić information content (AvgIpc) is 2.18. The Hall–Kier alpha value is -1.02.